The second-order valence-electron chi connectivity index (χ2n) is 7.31. The van der Waals surface area contributed by atoms with E-state index in [0.717, 1.165) is 38.3 Å². The maximum atomic E-state index is 4.36. The van der Waals surface area contributed by atoms with Crippen LogP contribution in [0, 0.1) is 5.41 Å². The molecule has 1 unspecified atom stereocenters. The lowest BCUT2D eigenvalue weighted by atomic mass is 9.80. The lowest BCUT2D eigenvalue weighted by Gasteiger charge is -2.52. The first kappa shape index (κ1) is 16.4. The van der Waals surface area contributed by atoms with Crippen LogP contribution in [0.25, 0.3) is 0 Å². The molecule has 2 rings (SSSR count). The molecule has 1 aliphatic rings. The molecule has 6 heteroatoms. The van der Waals surface area contributed by atoms with Crippen molar-refractivity contribution in [2.75, 3.05) is 13.1 Å². The summed E-state index contributed by atoms with van der Waals surface area (Å²) < 4.78 is 0. The zero-order chi connectivity index (χ0) is 15.7. The first-order valence-electron chi connectivity index (χ1n) is 8.02. The molecule has 1 saturated heterocycles. The van der Waals surface area contributed by atoms with E-state index in [0.29, 0.717) is 6.04 Å². The number of aromatic nitrogens is 4. The van der Waals surface area contributed by atoms with Gasteiger partial charge in [0.05, 0.1) is 13.6 Å². The van der Waals surface area contributed by atoms with Crippen LogP contribution in [0.1, 0.15) is 53.3 Å². The third-order valence-electron chi connectivity index (χ3n) is 4.99. The fraction of sp³-hybridized carbons (Fsp3) is 0.933. The lowest BCUT2D eigenvalue weighted by Crippen LogP contribution is -2.66. The van der Waals surface area contributed by atoms with Crippen molar-refractivity contribution >= 4 is 0 Å². The Morgan fingerprint density at radius 1 is 1.29 bits per heavy atom. The van der Waals surface area contributed by atoms with Crippen molar-refractivity contribution in [1.82, 2.24) is 30.4 Å². The fourth-order valence-electron chi connectivity index (χ4n) is 3.22. The first-order valence-corrected chi connectivity index (χ1v) is 8.02. The molecule has 1 fully saturated rings. The average molecular weight is 294 g/mol. The minimum atomic E-state index is 0.195. The average Bonchev–Trinajstić information content (AvgIpc) is 2.83. The number of nitrogens with zero attached hydrogens (tertiary/aromatic N) is 5. The highest BCUT2D eigenvalue weighted by atomic mass is 15.6. The molecule has 0 radical (unpaired) electrons. The van der Waals surface area contributed by atoms with Gasteiger partial charge in [-0.05, 0) is 23.5 Å². The molecule has 21 heavy (non-hydrogen) atoms. The third-order valence-corrected chi connectivity index (χ3v) is 4.99. The molecule has 0 aromatic carbocycles. The van der Waals surface area contributed by atoms with Gasteiger partial charge in [-0.2, -0.15) is 4.80 Å². The summed E-state index contributed by atoms with van der Waals surface area (Å²) in [7, 11) is 1.82. The van der Waals surface area contributed by atoms with Crippen molar-refractivity contribution < 1.29 is 0 Å². The quantitative estimate of drug-likeness (QED) is 0.914. The van der Waals surface area contributed by atoms with Crippen LogP contribution in [0.5, 0.6) is 0 Å². The molecule has 120 valence electrons. The first-order chi connectivity index (χ1) is 9.80. The van der Waals surface area contributed by atoms with Crippen molar-refractivity contribution in [2.45, 2.75) is 65.6 Å². The zero-order valence-corrected chi connectivity index (χ0v) is 14.3. The van der Waals surface area contributed by atoms with Crippen molar-refractivity contribution in [3.05, 3.63) is 5.82 Å². The Morgan fingerprint density at radius 3 is 2.43 bits per heavy atom. The molecular formula is C15H30N6. The molecule has 1 N–H and O–H groups in total. The molecule has 6 nitrogen and oxygen atoms in total. The second kappa shape index (κ2) is 6.01. The summed E-state index contributed by atoms with van der Waals surface area (Å²) in [6.07, 6.45) is 2.27. The smallest absolute Gasteiger partial charge is 0.188 e. The van der Waals surface area contributed by atoms with Crippen molar-refractivity contribution in [3.63, 3.8) is 0 Å². The standard InChI is InChI=1S/C15H30N6/c1-7-15(8-2)11-16-12(14(3,4)5)9-21(15)10-13-17-19-20(6)18-13/h12,16H,7-11H2,1-6H3. The predicted molar refractivity (Wildman–Crippen MR) is 83.8 cm³/mol. The zero-order valence-electron chi connectivity index (χ0n) is 14.3. The molecule has 2 heterocycles. The van der Waals surface area contributed by atoms with Crippen LogP contribution >= 0.6 is 0 Å². The molecule has 0 amide bonds. The van der Waals surface area contributed by atoms with Crippen molar-refractivity contribution in [1.29, 1.82) is 0 Å². The Morgan fingerprint density at radius 2 is 1.95 bits per heavy atom. The van der Waals surface area contributed by atoms with Crippen LogP contribution < -0.4 is 5.32 Å². The molecule has 0 spiro atoms. The van der Waals surface area contributed by atoms with E-state index in [2.05, 4.69) is 60.2 Å². The molecular weight excluding hydrogens is 264 g/mol. The maximum absolute atomic E-state index is 4.36. The van der Waals surface area contributed by atoms with Gasteiger partial charge in [-0.3, -0.25) is 4.90 Å². The van der Waals surface area contributed by atoms with Gasteiger partial charge in [-0.15, -0.1) is 10.2 Å². The van der Waals surface area contributed by atoms with E-state index in [9.17, 15) is 0 Å². The number of hydrogen-bond acceptors (Lipinski definition) is 5. The summed E-state index contributed by atoms with van der Waals surface area (Å²) in [5, 5.41) is 16.3. The molecule has 1 atom stereocenters. The number of hydrogen-bond donors (Lipinski definition) is 1. The van der Waals surface area contributed by atoms with Crippen molar-refractivity contribution in [3.8, 4) is 0 Å². The van der Waals surface area contributed by atoms with Crippen LogP contribution in [-0.4, -0.2) is 49.8 Å². The van der Waals surface area contributed by atoms with E-state index in [-0.39, 0.29) is 11.0 Å². The molecule has 1 aromatic heterocycles. The topological polar surface area (TPSA) is 58.9 Å². The number of rotatable bonds is 4. The Labute approximate surface area is 128 Å². The summed E-state index contributed by atoms with van der Waals surface area (Å²) in [6, 6.07) is 0.486. The van der Waals surface area contributed by atoms with E-state index in [1.165, 1.54) is 0 Å². The molecule has 1 aromatic rings. The summed E-state index contributed by atoms with van der Waals surface area (Å²) in [4.78, 5) is 4.11. The Bertz CT molecular complexity index is 457. The van der Waals surface area contributed by atoms with Gasteiger partial charge in [0.25, 0.3) is 0 Å². The molecule has 0 aliphatic carbocycles. The lowest BCUT2D eigenvalue weighted by molar-refractivity contribution is -0.000314. The van der Waals surface area contributed by atoms with Gasteiger partial charge in [0, 0.05) is 24.7 Å². The van der Waals surface area contributed by atoms with Crippen LogP contribution in [0.4, 0.5) is 0 Å². The van der Waals surface area contributed by atoms with Gasteiger partial charge in [0.1, 0.15) is 0 Å². The van der Waals surface area contributed by atoms with Crippen LogP contribution in [0.3, 0.4) is 0 Å². The summed E-state index contributed by atoms with van der Waals surface area (Å²) in [6.45, 7) is 14.3. The normalized spacial score (nSPS) is 23.4. The number of piperazine rings is 1. The minimum absolute atomic E-state index is 0.195. The highest BCUT2D eigenvalue weighted by Crippen LogP contribution is 2.32. The van der Waals surface area contributed by atoms with Crippen LogP contribution in [0.15, 0.2) is 0 Å². The largest absolute Gasteiger partial charge is 0.310 e. The Hall–Kier alpha value is -1.01. The number of tetrazole rings is 1. The second-order valence-corrected chi connectivity index (χ2v) is 7.31. The molecule has 1 aliphatic heterocycles. The summed E-state index contributed by atoms with van der Waals surface area (Å²) in [5.41, 5.74) is 0.447. The van der Waals surface area contributed by atoms with E-state index in [1.54, 1.807) is 4.80 Å². The SMILES string of the molecule is CCC1(CC)CNC(C(C)(C)C)CN1Cc1nnn(C)n1. The number of nitrogens with one attached hydrogen (secondary N) is 1. The monoisotopic (exact) mass is 294 g/mol. The van der Waals surface area contributed by atoms with Gasteiger partial charge in [-0.1, -0.05) is 34.6 Å². The van der Waals surface area contributed by atoms with Gasteiger partial charge in [-0.25, -0.2) is 0 Å². The molecule has 0 bridgehead atoms. The van der Waals surface area contributed by atoms with Gasteiger partial charge in [0.2, 0.25) is 0 Å². The Balaban J connectivity index is 2.20. The Kier molecular flexibility index (Phi) is 4.68. The van der Waals surface area contributed by atoms with Gasteiger partial charge < -0.3 is 5.32 Å². The summed E-state index contributed by atoms with van der Waals surface area (Å²) >= 11 is 0. The fourth-order valence-corrected chi connectivity index (χ4v) is 3.22. The van der Waals surface area contributed by atoms with Crippen LogP contribution in [0.2, 0.25) is 0 Å². The van der Waals surface area contributed by atoms with Gasteiger partial charge in [0.15, 0.2) is 5.82 Å². The minimum Gasteiger partial charge on any atom is -0.310 e. The molecule has 0 saturated carbocycles. The highest BCUT2D eigenvalue weighted by Gasteiger charge is 2.42. The summed E-state index contributed by atoms with van der Waals surface area (Å²) in [5.74, 6) is 0.818. The maximum Gasteiger partial charge on any atom is 0.188 e. The van der Waals surface area contributed by atoms with E-state index in [1.807, 2.05) is 7.05 Å². The van der Waals surface area contributed by atoms with Crippen molar-refractivity contribution in [2.24, 2.45) is 12.5 Å². The van der Waals surface area contributed by atoms with E-state index < -0.39 is 0 Å². The van der Waals surface area contributed by atoms with E-state index >= 15 is 0 Å². The van der Waals surface area contributed by atoms with Gasteiger partial charge >= 0.3 is 0 Å². The van der Waals surface area contributed by atoms with E-state index in [4.69, 9.17) is 0 Å². The predicted octanol–water partition coefficient (Wildman–Crippen LogP) is 1.59. The third kappa shape index (κ3) is 3.43. The van der Waals surface area contributed by atoms with Crippen LogP contribution in [-0.2, 0) is 13.6 Å². The number of aryl methyl sites for hydroxylation is 1. The highest BCUT2D eigenvalue weighted by molar-refractivity contribution is 5.01.